The molecule has 0 saturated carbocycles. The number of hydrogen-bond acceptors (Lipinski definition) is 4. The van der Waals surface area contributed by atoms with E-state index in [2.05, 4.69) is 25.8 Å². The van der Waals surface area contributed by atoms with E-state index in [0.29, 0.717) is 6.54 Å². The van der Waals surface area contributed by atoms with Gasteiger partial charge in [-0.05, 0) is 0 Å². The van der Waals surface area contributed by atoms with E-state index in [1.165, 1.54) is 0 Å². The van der Waals surface area contributed by atoms with Gasteiger partial charge in [0, 0.05) is 10.8 Å². The largest absolute Gasteiger partial charge is 0.328 e. The summed E-state index contributed by atoms with van der Waals surface area (Å²) in [6, 6.07) is 0. The van der Waals surface area contributed by atoms with E-state index in [1.54, 1.807) is 16.2 Å². The van der Waals surface area contributed by atoms with Crippen LogP contribution in [-0.4, -0.2) is 28.1 Å². The van der Waals surface area contributed by atoms with Crippen LogP contribution in [0.2, 0.25) is 0 Å². The van der Waals surface area contributed by atoms with Crippen LogP contribution in [0.5, 0.6) is 0 Å². The van der Waals surface area contributed by atoms with Crippen LogP contribution in [0.3, 0.4) is 0 Å². The van der Waals surface area contributed by atoms with Gasteiger partial charge >= 0.3 is 0 Å². The number of amides is 1. The van der Waals surface area contributed by atoms with Gasteiger partial charge < -0.3 is 4.90 Å². The topological polar surface area (TPSA) is 50.3 Å². The van der Waals surface area contributed by atoms with Gasteiger partial charge in [0.15, 0.2) is 5.78 Å². The van der Waals surface area contributed by atoms with Crippen LogP contribution in [0, 0.1) is 0 Å². The molecule has 0 N–H and O–H groups in total. The molecule has 1 aliphatic heterocycles. The summed E-state index contributed by atoms with van der Waals surface area (Å²) in [7, 11) is 0. The Hall–Kier alpha value is -1.23. The Morgan fingerprint density at radius 3 is 2.59 bits per heavy atom. The van der Waals surface area contributed by atoms with E-state index in [9.17, 15) is 9.59 Å². The van der Waals surface area contributed by atoms with Gasteiger partial charge in [0.25, 0.3) is 0 Å². The summed E-state index contributed by atoms with van der Waals surface area (Å²) in [5, 5.41) is 2.93. The second kappa shape index (κ2) is 4.22. The average molecular weight is 252 g/mol. The number of rotatable bonds is 2. The third kappa shape index (κ3) is 2.72. The second-order valence-electron chi connectivity index (χ2n) is 5.34. The van der Waals surface area contributed by atoms with Crippen LogP contribution in [-0.2, 0) is 21.5 Å². The zero-order chi connectivity index (χ0) is 12.6. The van der Waals surface area contributed by atoms with E-state index in [4.69, 9.17) is 0 Å². The van der Waals surface area contributed by atoms with Crippen LogP contribution >= 0.6 is 11.3 Å². The van der Waals surface area contributed by atoms with Crippen molar-refractivity contribution in [2.24, 2.45) is 0 Å². The molecule has 2 rings (SSSR count). The number of ketones is 1. The summed E-state index contributed by atoms with van der Waals surface area (Å²) < 4.78 is 0. The van der Waals surface area contributed by atoms with Gasteiger partial charge in [-0.2, -0.15) is 0 Å². The van der Waals surface area contributed by atoms with E-state index in [-0.39, 0.29) is 30.1 Å². The Morgan fingerprint density at radius 1 is 1.41 bits per heavy atom. The summed E-state index contributed by atoms with van der Waals surface area (Å²) in [5.41, 5.74) is 1.06. The van der Waals surface area contributed by atoms with Gasteiger partial charge in [-0.3, -0.25) is 9.59 Å². The maximum atomic E-state index is 11.5. The molecule has 0 aromatic carbocycles. The number of nitrogens with zero attached hydrogens (tertiary/aromatic N) is 2. The third-order valence-corrected chi connectivity index (χ3v) is 3.55. The van der Waals surface area contributed by atoms with Crippen molar-refractivity contribution >= 4 is 23.0 Å². The highest BCUT2D eigenvalue weighted by Crippen LogP contribution is 2.25. The minimum Gasteiger partial charge on any atom is -0.328 e. The lowest BCUT2D eigenvalue weighted by Crippen LogP contribution is -2.24. The van der Waals surface area contributed by atoms with Gasteiger partial charge in [-0.1, -0.05) is 20.8 Å². The summed E-state index contributed by atoms with van der Waals surface area (Å²) in [6.07, 6.45) is 0.0531. The quantitative estimate of drug-likeness (QED) is 0.753. The van der Waals surface area contributed by atoms with E-state index in [1.807, 2.05) is 5.38 Å². The molecule has 0 radical (unpaired) electrons. The van der Waals surface area contributed by atoms with Crippen LogP contribution in [0.4, 0.5) is 0 Å². The molecule has 92 valence electrons. The number of carbonyl (C=O) groups is 2. The van der Waals surface area contributed by atoms with Gasteiger partial charge in [0.05, 0.1) is 25.2 Å². The molecular formula is C12H16N2O2S. The number of aromatic nitrogens is 1. The number of likely N-dealkylation sites (tertiary alicyclic amines) is 1. The normalized spacial score (nSPS) is 17.0. The highest BCUT2D eigenvalue weighted by molar-refractivity contribution is 7.09. The minimum atomic E-state index is -0.0810. The minimum absolute atomic E-state index is 0.00241. The molecule has 1 saturated heterocycles. The molecule has 4 nitrogen and oxygen atoms in total. The van der Waals surface area contributed by atoms with Crippen LogP contribution < -0.4 is 0 Å². The van der Waals surface area contributed by atoms with Crippen molar-refractivity contribution in [2.75, 3.05) is 6.54 Å². The van der Waals surface area contributed by atoms with Gasteiger partial charge in [0.2, 0.25) is 5.91 Å². The van der Waals surface area contributed by atoms with E-state index >= 15 is 0 Å². The fourth-order valence-corrected chi connectivity index (χ4v) is 2.71. The fourth-order valence-electron chi connectivity index (χ4n) is 1.67. The lowest BCUT2D eigenvalue weighted by Gasteiger charge is -2.15. The first-order valence-electron chi connectivity index (χ1n) is 5.60. The first kappa shape index (κ1) is 12.2. The third-order valence-electron chi connectivity index (χ3n) is 2.71. The number of thiazole rings is 1. The summed E-state index contributed by atoms with van der Waals surface area (Å²) in [5.74, 6) is -0.0786. The Bertz CT molecular complexity index is 459. The lowest BCUT2D eigenvalue weighted by atomic mass is 9.93. The predicted octanol–water partition coefficient (Wildman–Crippen LogP) is 1.74. The molecular weight excluding hydrogens is 236 g/mol. The molecule has 1 fully saturated rings. The second-order valence-corrected chi connectivity index (χ2v) is 6.28. The molecule has 0 atom stereocenters. The number of hydrogen-bond donors (Lipinski definition) is 0. The molecule has 2 heterocycles. The van der Waals surface area contributed by atoms with Gasteiger partial charge in [0.1, 0.15) is 5.01 Å². The molecule has 1 aromatic heterocycles. The maximum Gasteiger partial charge on any atom is 0.230 e. The average Bonchev–Trinajstić information content (AvgIpc) is 2.74. The molecule has 5 heteroatoms. The number of Topliss-reactive ketones (excluding diaryl/α,β-unsaturated/α-hetero) is 1. The molecule has 1 aliphatic rings. The van der Waals surface area contributed by atoms with Gasteiger partial charge in [-0.15, -0.1) is 11.3 Å². The molecule has 0 unspecified atom stereocenters. The van der Waals surface area contributed by atoms with Crippen molar-refractivity contribution in [2.45, 2.75) is 39.2 Å². The van der Waals surface area contributed by atoms with E-state index in [0.717, 1.165) is 10.7 Å². The summed E-state index contributed by atoms with van der Waals surface area (Å²) >= 11 is 1.55. The van der Waals surface area contributed by atoms with Crippen molar-refractivity contribution in [1.29, 1.82) is 0 Å². The number of carbonyl (C=O) groups excluding carboxylic acids is 2. The highest BCUT2D eigenvalue weighted by atomic mass is 32.1. The van der Waals surface area contributed by atoms with Crippen LogP contribution in [0.1, 0.15) is 37.9 Å². The smallest absolute Gasteiger partial charge is 0.230 e. The maximum absolute atomic E-state index is 11.5. The first-order chi connectivity index (χ1) is 7.86. The Morgan fingerprint density at radius 2 is 2.12 bits per heavy atom. The van der Waals surface area contributed by atoms with Crippen LogP contribution in [0.25, 0.3) is 0 Å². The van der Waals surface area contributed by atoms with Crippen LogP contribution in [0.15, 0.2) is 5.38 Å². The molecule has 0 spiro atoms. The van der Waals surface area contributed by atoms with Crippen molar-refractivity contribution in [3.8, 4) is 0 Å². The zero-order valence-corrected chi connectivity index (χ0v) is 11.1. The van der Waals surface area contributed by atoms with E-state index < -0.39 is 0 Å². The fraction of sp³-hybridized carbons (Fsp3) is 0.583. The SMILES string of the molecule is CC(C)(C)c1csc(CN2CC(=O)CC2=O)n1. The highest BCUT2D eigenvalue weighted by Gasteiger charge is 2.28. The van der Waals surface area contributed by atoms with Crippen molar-refractivity contribution in [3.05, 3.63) is 16.1 Å². The summed E-state index contributed by atoms with van der Waals surface area (Å²) in [6.45, 7) is 7.03. The van der Waals surface area contributed by atoms with Crippen molar-refractivity contribution in [3.63, 3.8) is 0 Å². The lowest BCUT2D eigenvalue weighted by molar-refractivity contribution is -0.128. The van der Waals surface area contributed by atoms with Crippen molar-refractivity contribution in [1.82, 2.24) is 9.88 Å². The molecule has 0 bridgehead atoms. The first-order valence-corrected chi connectivity index (χ1v) is 6.48. The molecule has 0 aliphatic carbocycles. The Labute approximate surface area is 105 Å². The Kier molecular flexibility index (Phi) is 3.03. The monoisotopic (exact) mass is 252 g/mol. The Balaban J connectivity index is 2.07. The molecule has 1 amide bonds. The molecule has 17 heavy (non-hydrogen) atoms. The van der Waals surface area contributed by atoms with Crippen molar-refractivity contribution < 1.29 is 9.59 Å². The predicted molar refractivity (Wildman–Crippen MR) is 65.9 cm³/mol. The zero-order valence-electron chi connectivity index (χ0n) is 10.3. The van der Waals surface area contributed by atoms with Gasteiger partial charge in [-0.25, -0.2) is 4.98 Å². The molecule has 1 aromatic rings. The summed E-state index contributed by atoms with van der Waals surface area (Å²) in [4.78, 5) is 28.7. The standard InChI is InChI=1S/C12H16N2O2S/c1-12(2,3)9-7-17-10(13-9)6-14-5-8(15)4-11(14)16/h7H,4-6H2,1-3H3.